The van der Waals surface area contributed by atoms with Crippen molar-refractivity contribution in [2.24, 2.45) is 5.92 Å². The molecule has 3 unspecified atom stereocenters. The lowest BCUT2D eigenvalue weighted by Crippen LogP contribution is -2.39. The normalized spacial score (nSPS) is 22.4. The van der Waals surface area contributed by atoms with Gasteiger partial charge in [-0.3, -0.25) is 0 Å². The predicted octanol–water partition coefficient (Wildman–Crippen LogP) is 1.55. The molecular weight excluding hydrogens is 140 g/mol. The highest BCUT2D eigenvalue weighted by molar-refractivity contribution is 4.82. The van der Waals surface area contributed by atoms with Crippen LogP contribution in [0.4, 0.5) is 0 Å². The van der Waals surface area contributed by atoms with Crippen LogP contribution < -0.4 is 0 Å². The Kier molecular flexibility index (Phi) is 4.04. The topological polar surface area (TPSA) is 40.5 Å². The van der Waals surface area contributed by atoms with Crippen molar-refractivity contribution in [2.45, 2.75) is 52.2 Å². The van der Waals surface area contributed by atoms with E-state index in [0.717, 1.165) is 6.42 Å². The molecule has 0 bridgehead atoms. The van der Waals surface area contributed by atoms with E-state index < -0.39 is 11.7 Å². The molecule has 0 saturated heterocycles. The Balaban J connectivity index is 4.23. The van der Waals surface area contributed by atoms with Gasteiger partial charge in [0.2, 0.25) is 0 Å². The summed E-state index contributed by atoms with van der Waals surface area (Å²) in [6.07, 6.45) is 1.09. The fourth-order valence-electron chi connectivity index (χ4n) is 1.56. The molecule has 0 aliphatic rings. The quantitative estimate of drug-likeness (QED) is 0.655. The fraction of sp³-hybridized carbons (Fsp3) is 1.00. The lowest BCUT2D eigenvalue weighted by atomic mass is 9.81. The van der Waals surface area contributed by atoms with Crippen LogP contribution >= 0.6 is 0 Å². The van der Waals surface area contributed by atoms with E-state index in [9.17, 15) is 10.2 Å². The van der Waals surface area contributed by atoms with E-state index in [0.29, 0.717) is 6.42 Å². The van der Waals surface area contributed by atoms with Crippen LogP contribution in [0.5, 0.6) is 0 Å². The van der Waals surface area contributed by atoms with E-state index in [-0.39, 0.29) is 5.92 Å². The molecule has 3 atom stereocenters. The number of aliphatic hydroxyl groups is 2. The minimum Gasteiger partial charge on any atom is -0.393 e. The van der Waals surface area contributed by atoms with Crippen molar-refractivity contribution in [3.05, 3.63) is 0 Å². The Bertz CT molecular complexity index is 108. The van der Waals surface area contributed by atoms with Gasteiger partial charge in [-0.05, 0) is 26.7 Å². The zero-order valence-corrected chi connectivity index (χ0v) is 7.96. The Morgan fingerprint density at radius 1 is 1.36 bits per heavy atom. The van der Waals surface area contributed by atoms with Gasteiger partial charge in [0, 0.05) is 5.92 Å². The molecule has 0 aliphatic carbocycles. The summed E-state index contributed by atoms with van der Waals surface area (Å²) >= 11 is 0. The van der Waals surface area contributed by atoms with Gasteiger partial charge in [-0.2, -0.15) is 0 Å². The average molecular weight is 160 g/mol. The summed E-state index contributed by atoms with van der Waals surface area (Å²) in [5.41, 5.74) is -0.719. The van der Waals surface area contributed by atoms with Gasteiger partial charge < -0.3 is 10.2 Å². The molecule has 0 aromatic carbocycles. The van der Waals surface area contributed by atoms with E-state index in [4.69, 9.17) is 0 Å². The monoisotopic (exact) mass is 160 g/mol. The van der Waals surface area contributed by atoms with Crippen molar-refractivity contribution in [1.29, 1.82) is 0 Å². The van der Waals surface area contributed by atoms with E-state index in [1.807, 2.05) is 13.8 Å². The summed E-state index contributed by atoms with van der Waals surface area (Å²) in [6, 6.07) is 0. The lowest BCUT2D eigenvalue weighted by Gasteiger charge is -2.33. The maximum atomic E-state index is 9.79. The highest BCUT2D eigenvalue weighted by Crippen LogP contribution is 2.26. The Morgan fingerprint density at radius 2 is 1.82 bits per heavy atom. The molecule has 2 N–H and O–H groups in total. The maximum Gasteiger partial charge on any atom is 0.0669 e. The van der Waals surface area contributed by atoms with E-state index >= 15 is 0 Å². The molecule has 0 aliphatic heterocycles. The van der Waals surface area contributed by atoms with Gasteiger partial charge >= 0.3 is 0 Å². The Hall–Kier alpha value is -0.0800. The van der Waals surface area contributed by atoms with Crippen molar-refractivity contribution in [3.8, 4) is 0 Å². The lowest BCUT2D eigenvalue weighted by molar-refractivity contribution is -0.0571. The third kappa shape index (κ3) is 2.80. The standard InChI is InChI=1S/C9H20O2/c1-5-8(7(3)10)9(4,11)6-2/h7-8,10-11H,5-6H2,1-4H3. The molecule has 0 aromatic rings. The first-order valence-corrected chi connectivity index (χ1v) is 4.36. The van der Waals surface area contributed by atoms with E-state index in [2.05, 4.69) is 0 Å². The molecule has 0 rings (SSSR count). The van der Waals surface area contributed by atoms with E-state index in [1.54, 1.807) is 13.8 Å². The van der Waals surface area contributed by atoms with Crippen molar-refractivity contribution in [3.63, 3.8) is 0 Å². The minimum atomic E-state index is -0.719. The summed E-state index contributed by atoms with van der Waals surface area (Å²) < 4.78 is 0. The third-order valence-corrected chi connectivity index (χ3v) is 2.54. The molecule has 11 heavy (non-hydrogen) atoms. The molecule has 0 saturated carbocycles. The van der Waals surface area contributed by atoms with Crippen molar-refractivity contribution in [2.75, 3.05) is 0 Å². The van der Waals surface area contributed by atoms with Crippen LogP contribution in [0.25, 0.3) is 0 Å². The molecule has 0 aromatic heterocycles. The molecule has 0 spiro atoms. The zero-order valence-electron chi connectivity index (χ0n) is 7.96. The van der Waals surface area contributed by atoms with Crippen LogP contribution in [0.1, 0.15) is 40.5 Å². The first-order chi connectivity index (χ1) is 4.95. The highest BCUT2D eigenvalue weighted by atomic mass is 16.3. The van der Waals surface area contributed by atoms with Crippen LogP contribution in [0.3, 0.4) is 0 Å². The molecule has 68 valence electrons. The van der Waals surface area contributed by atoms with Crippen LogP contribution in [0.2, 0.25) is 0 Å². The minimum absolute atomic E-state index is 0.00694. The summed E-state index contributed by atoms with van der Waals surface area (Å²) in [7, 11) is 0. The smallest absolute Gasteiger partial charge is 0.0669 e. The highest BCUT2D eigenvalue weighted by Gasteiger charge is 2.31. The van der Waals surface area contributed by atoms with Crippen molar-refractivity contribution in [1.82, 2.24) is 0 Å². The fourth-order valence-corrected chi connectivity index (χ4v) is 1.56. The van der Waals surface area contributed by atoms with Gasteiger partial charge in [0.15, 0.2) is 0 Å². The van der Waals surface area contributed by atoms with Gasteiger partial charge in [0.25, 0.3) is 0 Å². The first-order valence-electron chi connectivity index (χ1n) is 4.36. The van der Waals surface area contributed by atoms with Crippen LogP contribution in [0, 0.1) is 5.92 Å². The second kappa shape index (κ2) is 4.07. The summed E-state index contributed by atoms with van der Waals surface area (Å²) in [5.74, 6) is -0.00694. The summed E-state index contributed by atoms with van der Waals surface area (Å²) in [6.45, 7) is 7.44. The Morgan fingerprint density at radius 3 is 1.91 bits per heavy atom. The van der Waals surface area contributed by atoms with Gasteiger partial charge in [0.1, 0.15) is 0 Å². The zero-order chi connectivity index (χ0) is 9.07. The third-order valence-electron chi connectivity index (χ3n) is 2.54. The number of hydrogen-bond donors (Lipinski definition) is 2. The molecule has 2 heteroatoms. The molecular formula is C9H20O2. The number of aliphatic hydroxyl groups excluding tert-OH is 1. The van der Waals surface area contributed by atoms with Gasteiger partial charge in [-0.25, -0.2) is 0 Å². The molecule has 0 amide bonds. The van der Waals surface area contributed by atoms with Crippen molar-refractivity contribution >= 4 is 0 Å². The van der Waals surface area contributed by atoms with Crippen LogP contribution in [0.15, 0.2) is 0 Å². The van der Waals surface area contributed by atoms with Crippen LogP contribution in [-0.2, 0) is 0 Å². The predicted molar refractivity (Wildman–Crippen MR) is 46.4 cm³/mol. The molecule has 0 fully saturated rings. The van der Waals surface area contributed by atoms with Crippen LogP contribution in [-0.4, -0.2) is 21.9 Å². The largest absolute Gasteiger partial charge is 0.393 e. The summed E-state index contributed by atoms with van der Waals surface area (Å²) in [4.78, 5) is 0. The van der Waals surface area contributed by atoms with Crippen molar-refractivity contribution < 1.29 is 10.2 Å². The summed E-state index contributed by atoms with van der Waals surface area (Å²) in [5, 5.41) is 19.1. The molecule has 2 nitrogen and oxygen atoms in total. The molecule has 0 heterocycles. The first kappa shape index (κ1) is 10.9. The van der Waals surface area contributed by atoms with E-state index in [1.165, 1.54) is 0 Å². The average Bonchev–Trinajstić information content (AvgIpc) is 1.88. The maximum absolute atomic E-state index is 9.79. The SMILES string of the molecule is CCC(C(C)O)C(C)(O)CC. The van der Waals surface area contributed by atoms with Gasteiger partial charge in [-0.1, -0.05) is 13.8 Å². The second-order valence-corrected chi connectivity index (χ2v) is 3.47. The van der Waals surface area contributed by atoms with Gasteiger partial charge in [0.05, 0.1) is 11.7 Å². The van der Waals surface area contributed by atoms with Gasteiger partial charge in [-0.15, -0.1) is 0 Å². The Labute approximate surface area is 69.2 Å². The second-order valence-electron chi connectivity index (χ2n) is 3.47. The number of hydrogen-bond acceptors (Lipinski definition) is 2. The molecule has 0 radical (unpaired) electrons. The number of rotatable bonds is 4.